The molecule has 1 heterocycles. The Kier molecular flexibility index (Phi) is 5.20. The standard InChI is InChI=1S/C18H14BrClFN3O/c1-11-16(18(25)22-15-8-7-13(19)9-14(15)21)17(20)24(23-11)10-12-5-3-2-4-6-12/h2-9H,10H2,1H3,(H,22,25). The van der Waals surface area contributed by atoms with Crippen molar-refractivity contribution in [2.45, 2.75) is 13.5 Å². The number of hydrogen-bond acceptors (Lipinski definition) is 2. The highest BCUT2D eigenvalue weighted by molar-refractivity contribution is 9.10. The van der Waals surface area contributed by atoms with Gasteiger partial charge in [0, 0.05) is 4.47 Å². The highest BCUT2D eigenvalue weighted by atomic mass is 79.9. The van der Waals surface area contributed by atoms with Crippen molar-refractivity contribution in [3.63, 3.8) is 0 Å². The molecule has 0 aliphatic carbocycles. The lowest BCUT2D eigenvalue weighted by Crippen LogP contribution is -2.14. The molecule has 1 N–H and O–H groups in total. The second kappa shape index (κ2) is 7.37. The Balaban J connectivity index is 1.85. The van der Waals surface area contributed by atoms with Crippen molar-refractivity contribution in [3.8, 4) is 0 Å². The van der Waals surface area contributed by atoms with Crippen molar-refractivity contribution in [1.82, 2.24) is 9.78 Å². The predicted molar refractivity (Wildman–Crippen MR) is 99.6 cm³/mol. The van der Waals surface area contributed by atoms with E-state index < -0.39 is 11.7 Å². The molecule has 2 aromatic carbocycles. The number of anilines is 1. The first-order valence-electron chi connectivity index (χ1n) is 7.49. The first-order valence-corrected chi connectivity index (χ1v) is 8.66. The molecule has 0 saturated carbocycles. The Bertz CT molecular complexity index is 928. The van der Waals surface area contributed by atoms with Crippen LogP contribution in [0.15, 0.2) is 53.0 Å². The molecule has 3 rings (SSSR count). The molecule has 0 radical (unpaired) electrons. The normalized spacial score (nSPS) is 10.7. The van der Waals surface area contributed by atoms with Crippen LogP contribution in [-0.4, -0.2) is 15.7 Å². The molecule has 7 heteroatoms. The summed E-state index contributed by atoms with van der Waals surface area (Å²) in [5.41, 5.74) is 1.81. The summed E-state index contributed by atoms with van der Waals surface area (Å²) in [4.78, 5) is 12.5. The Labute approximate surface area is 157 Å². The molecule has 0 fully saturated rings. The lowest BCUT2D eigenvalue weighted by molar-refractivity contribution is 0.102. The topological polar surface area (TPSA) is 46.9 Å². The molecule has 0 atom stereocenters. The van der Waals surface area contributed by atoms with Crippen molar-refractivity contribution in [2.75, 3.05) is 5.32 Å². The molecular weight excluding hydrogens is 409 g/mol. The maximum Gasteiger partial charge on any atom is 0.260 e. The van der Waals surface area contributed by atoms with Gasteiger partial charge in [-0.15, -0.1) is 0 Å². The fourth-order valence-electron chi connectivity index (χ4n) is 2.45. The molecule has 25 heavy (non-hydrogen) atoms. The first-order chi connectivity index (χ1) is 12.0. The van der Waals surface area contributed by atoms with E-state index >= 15 is 0 Å². The number of aromatic nitrogens is 2. The van der Waals surface area contributed by atoms with E-state index in [4.69, 9.17) is 11.6 Å². The Morgan fingerprint density at radius 1 is 1.28 bits per heavy atom. The van der Waals surface area contributed by atoms with Gasteiger partial charge in [-0.25, -0.2) is 9.07 Å². The predicted octanol–water partition coefficient (Wildman–Crippen LogP) is 5.05. The van der Waals surface area contributed by atoms with E-state index in [-0.39, 0.29) is 16.4 Å². The number of amides is 1. The first kappa shape index (κ1) is 17.6. The van der Waals surface area contributed by atoms with Crippen LogP contribution >= 0.6 is 27.5 Å². The van der Waals surface area contributed by atoms with Crippen LogP contribution in [0.2, 0.25) is 5.15 Å². The van der Waals surface area contributed by atoms with Gasteiger partial charge in [0.1, 0.15) is 11.0 Å². The lowest BCUT2D eigenvalue weighted by Gasteiger charge is -2.07. The maximum absolute atomic E-state index is 13.9. The van der Waals surface area contributed by atoms with Gasteiger partial charge < -0.3 is 5.32 Å². The lowest BCUT2D eigenvalue weighted by atomic mass is 10.2. The number of rotatable bonds is 4. The molecule has 0 saturated heterocycles. The third kappa shape index (κ3) is 3.91. The number of carbonyl (C=O) groups excluding carboxylic acids is 1. The number of aryl methyl sites for hydroxylation is 1. The third-order valence-corrected chi connectivity index (χ3v) is 4.52. The molecule has 1 amide bonds. The minimum Gasteiger partial charge on any atom is -0.319 e. The van der Waals surface area contributed by atoms with Gasteiger partial charge in [0.05, 0.1) is 23.5 Å². The molecule has 0 bridgehead atoms. The van der Waals surface area contributed by atoms with Gasteiger partial charge >= 0.3 is 0 Å². The fraction of sp³-hybridized carbons (Fsp3) is 0.111. The van der Waals surface area contributed by atoms with Crippen molar-refractivity contribution in [3.05, 3.63) is 80.8 Å². The van der Waals surface area contributed by atoms with E-state index in [1.165, 1.54) is 12.1 Å². The molecule has 0 aliphatic rings. The van der Waals surface area contributed by atoms with Gasteiger partial charge in [-0.1, -0.05) is 57.9 Å². The van der Waals surface area contributed by atoms with Crippen LogP contribution in [0.25, 0.3) is 0 Å². The molecule has 0 aliphatic heterocycles. The fourth-order valence-corrected chi connectivity index (χ4v) is 3.10. The highest BCUT2D eigenvalue weighted by Crippen LogP contribution is 2.24. The zero-order valence-corrected chi connectivity index (χ0v) is 15.6. The Hall–Kier alpha value is -2.18. The quantitative estimate of drug-likeness (QED) is 0.640. The van der Waals surface area contributed by atoms with E-state index in [9.17, 15) is 9.18 Å². The largest absolute Gasteiger partial charge is 0.319 e. The summed E-state index contributed by atoms with van der Waals surface area (Å²) in [5.74, 6) is -1.03. The van der Waals surface area contributed by atoms with Gasteiger partial charge in [-0.05, 0) is 30.7 Å². The van der Waals surface area contributed by atoms with E-state index in [0.29, 0.717) is 16.7 Å². The minimum absolute atomic E-state index is 0.0828. The van der Waals surface area contributed by atoms with Crippen LogP contribution in [0, 0.1) is 12.7 Å². The Morgan fingerprint density at radius 2 is 2.00 bits per heavy atom. The zero-order chi connectivity index (χ0) is 18.0. The summed E-state index contributed by atoms with van der Waals surface area (Å²) in [7, 11) is 0. The number of nitrogens with zero attached hydrogens (tertiary/aromatic N) is 2. The van der Waals surface area contributed by atoms with Gasteiger partial charge in [-0.2, -0.15) is 5.10 Å². The molecule has 0 spiro atoms. The highest BCUT2D eigenvalue weighted by Gasteiger charge is 2.21. The smallest absolute Gasteiger partial charge is 0.260 e. The number of carbonyl (C=O) groups is 1. The molecule has 1 aromatic heterocycles. The number of nitrogens with one attached hydrogen (secondary N) is 1. The number of halogens is 3. The minimum atomic E-state index is -0.534. The van der Waals surface area contributed by atoms with Crippen molar-refractivity contribution >= 4 is 39.1 Å². The van der Waals surface area contributed by atoms with Crippen LogP contribution < -0.4 is 5.32 Å². The average molecular weight is 423 g/mol. The number of hydrogen-bond donors (Lipinski definition) is 1. The molecule has 128 valence electrons. The average Bonchev–Trinajstić information content (AvgIpc) is 2.85. The molecule has 3 aromatic rings. The SMILES string of the molecule is Cc1nn(Cc2ccccc2)c(Cl)c1C(=O)Nc1ccc(Br)cc1F. The van der Waals surface area contributed by atoms with Crippen LogP contribution in [0.3, 0.4) is 0 Å². The van der Waals surface area contributed by atoms with E-state index in [1.807, 2.05) is 30.3 Å². The summed E-state index contributed by atoms with van der Waals surface area (Å²) in [5, 5.41) is 7.09. The van der Waals surface area contributed by atoms with E-state index in [2.05, 4.69) is 26.3 Å². The maximum atomic E-state index is 13.9. The van der Waals surface area contributed by atoms with Crippen LogP contribution in [-0.2, 0) is 6.54 Å². The van der Waals surface area contributed by atoms with E-state index in [1.54, 1.807) is 17.7 Å². The van der Waals surface area contributed by atoms with Crippen LogP contribution in [0.1, 0.15) is 21.6 Å². The van der Waals surface area contributed by atoms with Crippen LogP contribution in [0.5, 0.6) is 0 Å². The summed E-state index contributed by atoms with van der Waals surface area (Å²) in [6.07, 6.45) is 0. The van der Waals surface area contributed by atoms with E-state index in [0.717, 1.165) is 5.56 Å². The zero-order valence-electron chi connectivity index (χ0n) is 13.3. The molecule has 4 nitrogen and oxygen atoms in total. The monoisotopic (exact) mass is 421 g/mol. The second-order valence-corrected chi connectivity index (χ2v) is 6.75. The van der Waals surface area contributed by atoms with Crippen molar-refractivity contribution in [1.29, 1.82) is 0 Å². The van der Waals surface area contributed by atoms with Gasteiger partial charge in [-0.3, -0.25) is 4.79 Å². The Morgan fingerprint density at radius 3 is 2.68 bits per heavy atom. The molecule has 0 unspecified atom stereocenters. The van der Waals surface area contributed by atoms with Crippen molar-refractivity contribution in [2.24, 2.45) is 0 Å². The van der Waals surface area contributed by atoms with Gasteiger partial charge in [0.2, 0.25) is 0 Å². The third-order valence-electron chi connectivity index (χ3n) is 3.65. The second-order valence-electron chi connectivity index (χ2n) is 5.47. The number of benzene rings is 2. The summed E-state index contributed by atoms with van der Waals surface area (Å²) >= 11 is 9.52. The summed E-state index contributed by atoms with van der Waals surface area (Å²) < 4.78 is 16.1. The molecular formula is C18H14BrClFN3O. The van der Waals surface area contributed by atoms with Gasteiger partial charge in [0.15, 0.2) is 0 Å². The van der Waals surface area contributed by atoms with Gasteiger partial charge in [0.25, 0.3) is 5.91 Å². The summed E-state index contributed by atoms with van der Waals surface area (Å²) in [6.45, 7) is 2.14. The van der Waals surface area contributed by atoms with Crippen LogP contribution in [0.4, 0.5) is 10.1 Å². The van der Waals surface area contributed by atoms with Crippen molar-refractivity contribution < 1.29 is 9.18 Å². The summed E-state index contributed by atoms with van der Waals surface area (Å²) in [6, 6.07) is 14.1.